The summed E-state index contributed by atoms with van der Waals surface area (Å²) in [6, 6.07) is 4.99. The lowest BCUT2D eigenvalue weighted by molar-refractivity contribution is -0.147. The molecule has 28 heavy (non-hydrogen) atoms. The van der Waals surface area contributed by atoms with Gasteiger partial charge in [0.1, 0.15) is 5.54 Å². The molecule has 0 unspecified atom stereocenters. The number of sulfonamides is 2. The number of carbonyl (C=O) groups excluding carboxylic acids is 1. The smallest absolute Gasteiger partial charge is 0.327 e. The van der Waals surface area contributed by atoms with Crippen molar-refractivity contribution >= 4 is 26.0 Å². The number of morpholine rings is 1. The van der Waals surface area contributed by atoms with Crippen molar-refractivity contribution in [2.75, 3.05) is 33.4 Å². The van der Waals surface area contributed by atoms with E-state index < -0.39 is 31.6 Å². The molecular weight excluding hydrogens is 408 g/mol. The van der Waals surface area contributed by atoms with Crippen molar-refractivity contribution in [3.8, 4) is 0 Å². The molecule has 0 spiro atoms. The minimum absolute atomic E-state index is 0.0110. The van der Waals surface area contributed by atoms with Gasteiger partial charge in [0.15, 0.2) is 0 Å². The Balaban J connectivity index is 1.83. The van der Waals surface area contributed by atoms with E-state index in [0.717, 1.165) is 0 Å². The Labute approximate surface area is 165 Å². The molecule has 11 heteroatoms. The Morgan fingerprint density at radius 2 is 1.57 bits per heavy atom. The first kappa shape index (κ1) is 21.2. The van der Waals surface area contributed by atoms with Crippen LogP contribution in [0, 0.1) is 0 Å². The van der Waals surface area contributed by atoms with Crippen LogP contribution < -0.4 is 4.72 Å². The zero-order chi connectivity index (χ0) is 20.4. The molecule has 0 amide bonds. The van der Waals surface area contributed by atoms with Crippen LogP contribution in [0.3, 0.4) is 0 Å². The van der Waals surface area contributed by atoms with Gasteiger partial charge in [0, 0.05) is 13.1 Å². The summed E-state index contributed by atoms with van der Waals surface area (Å²) in [5, 5.41) is 0. The molecule has 1 N–H and O–H groups in total. The first-order valence-electron chi connectivity index (χ1n) is 9.02. The second kappa shape index (κ2) is 8.07. The number of ether oxygens (including phenoxy) is 2. The van der Waals surface area contributed by atoms with Gasteiger partial charge in [-0.25, -0.2) is 16.8 Å². The van der Waals surface area contributed by atoms with E-state index in [0.29, 0.717) is 38.9 Å². The monoisotopic (exact) mass is 432 g/mol. The van der Waals surface area contributed by atoms with Crippen molar-refractivity contribution in [2.24, 2.45) is 0 Å². The standard InChI is InChI=1S/C17H24N2O7S2/c1-25-16(20)17(8-2-3-9-17)18-27(21,22)14-4-6-15(7-5-14)28(23,24)19-10-12-26-13-11-19/h4-7,18H,2-3,8-13H2,1H3. The average Bonchev–Trinajstić information content (AvgIpc) is 3.17. The summed E-state index contributed by atoms with van der Waals surface area (Å²) >= 11 is 0. The molecule has 2 aliphatic rings. The van der Waals surface area contributed by atoms with Gasteiger partial charge in [0.2, 0.25) is 20.0 Å². The molecule has 0 bridgehead atoms. The molecule has 1 aromatic rings. The molecule has 156 valence electrons. The van der Waals surface area contributed by atoms with Gasteiger partial charge in [-0.15, -0.1) is 0 Å². The summed E-state index contributed by atoms with van der Waals surface area (Å²) in [6.45, 7) is 1.16. The minimum atomic E-state index is -4.02. The molecule has 1 aromatic carbocycles. The fraction of sp³-hybridized carbons (Fsp3) is 0.588. The highest BCUT2D eigenvalue weighted by Gasteiger charge is 2.45. The lowest BCUT2D eigenvalue weighted by Crippen LogP contribution is -2.52. The maximum absolute atomic E-state index is 12.8. The van der Waals surface area contributed by atoms with Crippen molar-refractivity contribution < 1.29 is 31.1 Å². The van der Waals surface area contributed by atoms with E-state index in [2.05, 4.69) is 4.72 Å². The van der Waals surface area contributed by atoms with Crippen LogP contribution in [0.25, 0.3) is 0 Å². The van der Waals surface area contributed by atoms with Crippen LogP contribution in [0.2, 0.25) is 0 Å². The largest absolute Gasteiger partial charge is 0.468 e. The van der Waals surface area contributed by atoms with Gasteiger partial charge < -0.3 is 9.47 Å². The van der Waals surface area contributed by atoms with Gasteiger partial charge in [0.05, 0.1) is 30.1 Å². The topological polar surface area (TPSA) is 119 Å². The number of nitrogens with one attached hydrogen (secondary N) is 1. The Bertz CT molecular complexity index is 915. The van der Waals surface area contributed by atoms with Gasteiger partial charge in [-0.3, -0.25) is 4.79 Å². The maximum Gasteiger partial charge on any atom is 0.327 e. The maximum atomic E-state index is 12.8. The summed E-state index contributed by atoms with van der Waals surface area (Å²) in [5.74, 6) is -0.611. The quantitative estimate of drug-likeness (QED) is 0.649. The van der Waals surface area contributed by atoms with E-state index in [9.17, 15) is 21.6 Å². The van der Waals surface area contributed by atoms with Crippen LogP contribution in [0.15, 0.2) is 34.1 Å². The first-order chi connectivity index (χ1) is 13.2. The molecule has 0 aromatic heterocycles. The average molecular weight is 433 g/mol. The highest BCUT2D eigenvalue weighted by atomic mass is 32.2. The predicted molar refractivity (Wildman–Crippen MR) is 99.6 cm³/mol. The number of esters is 1. The summed E-state index contributed by atoms with van der Waals surface area (Å²) in [5.41, 5.74) is -1.27. The van der Waals surface area contributed by atoms with E-state index in [1.807, 2.05) is 0 Å². The molecule has 0 atom stereocenters. The predicted octanol–water partition coefficient (Wildman–Crippen LogP) is 0.472. The van der Waals surface area contributed by atoms with E-state index in [1.165, 1.54) is 35.7 Å². The normalized spacial score (nSPS) is 20.8. The third kappa shape index (κ3) is 4.08. The first-order valence-corrected chi connectivity index (χ1v) is 11.9. The lowest BCUT2D eigenvalue weighted by atomic mass is 10.00. The molecule has 9 nitrogen and oxygen atoms in total. The number of hydrogen-bond donors (Lipinski definition) is 1. The fourth-order valence-corrected chi connectivity index (χ4v) is 6.39. The lowest BCUT2D eigenvalue weighted by Gasteiger charge is -2.27. The van der Waals surface area contributed by atoms with Gasteiger partial charge in [0.25, 0.3) is 0 Å². The highest BCUT2D eigenvalue weighted by Crippen LogP contribution is 2.32. The molecule has 1 saturated carbocycles. The summed E-state index contributed by atoms with van der Waals surface area (Å²) in [4.78, 5) is 12.1. The van der Waals surface area contributed by atoms with Gasteiger partial charge in [-0.1, -0.05) is 12.8 Å². The molecular formula is C17H24N2O7S2. The van der Waals surface area contributed by atoms with Crippen LogP contribution >= 0.6 is 0 Å². The van der Waals surface area contributed by atoms with Crippen LogP contribution in [0.5, 0.6) is 0 Å². The van der Waals surface area contributed by atoms with Crippen LogP contribution in [-0.2, 0) is 34.3 Å². The minimum Gasteiger partial charge on any atom is -0.468 e. The molecule has 1 saturated heterocycles. The number of nitrogens with zero attached hydrogens (tertiary/aromatic N) is 1. The van der Waals surface area contributed by atoms with E-state index in [-0.39, 0.29) is 22.9 Å². The van der Waals surface area contributed by atoms with Crippen molar-refractivity contribution in [3.63, 3.8) is 0 Å². The van der Waals surface area contributed by atoms with E-state index >= 15 is 0 Å². The van der Waals surface area contributed by atoms with Gasteiger partial charge in [-0.2, -0.15) is 9.03 Å². The van der Waals surface area contributed by atoms with E-state index in [4.69, 9.17) is 9.47 Å². The second-order valence-corrected chi connectivity index (χ2v) is 10.5. The fourth-order valence-electron chi connectivity index (χ4n) is 3.56. The Hall–Kier alpha value is -1.53. The van der Waals surface area contributed by atoms with E-state index in [1.54, 1.807) is 0 Å². The molecule has 1 aliphatic heterocycles. The zero-order valence-electron chi connectivity index (χ0n) is 15.6. The summed E-state index contributed by atoms with van der Waals surface area (Å²) < 4.78 is 64.6. The molecule has 3 rings (SSSR count). The molecule has 0 radical (unpaired) electrons. The van der Waals surface area contributed by atoms with Gasteiger partial charge >= 0.3 is 5.97 Å². The third-order valence-electron chi connectivity index (χ3n) is 5.10. The van der Waals surface area contributed by atoms with Gasteiger partial charge in [-0.05, 0) is 37.1 Å². The number of hydrogen-bond acceptors (Lipinski definition) is 7. The Kier molecular flexibility index (Phi) is 6.11. The van der Waals surface area contributed by atoms with Crippen LogP contribution in [0.4, 0.5) is 0 Å². The van der Waals surface area contributed by atoms with Crippen molar-refractivity contribution in [1.82, 2.24) is 9.03 Å². The van der Waals surface area contributed by atoms with Crippen molar-refractivity contribution in [2.45, 2.75) is 41.0 Å². The summed E-state index contributed by atoms with van der Waals surface area (Å²) in [7, 11) is -6.51. The number of rotatable bonds is 6. The van der Waals surface area contributed by atoms with Crippen LogP contribution in [-0.4, -0.2) is 66.1 Å². The Morgan fingerprint density at radius 3 is 2.11 bits per heavy atom. The molecule has 1 heterocycles. The zero-order valence-corrected chi connectivity index (χ0v) is 17.2. The SMILES string of the molecule is COC(=O)C1(NS(=O)(=O)c2ccc(S(=O)(=O)N3CCOCC3)cc2)CCCC1. The van der Waals surface area contributed by atoms with Crippen molar-refractivity contribution in [3.05, 3.63) is 24.3 Å². The molecule has 1 aliphatic carbocycles. The summed E-state index contributed by atoms with van der Waals surface area (Å²) in [6.07, 6.45) is 2.16. The Morgan fingerprint density at radius 1 is 1.04 bits per heavy atom. The number of methoxy groups -OCH3 is 1. The number of benzene rings is 1. The van der Waals surface area contributed by atoms with Crippen molar-refractivity contribution in [1.29, 1.82) is 0 Å². The second-order valence-electron chi connectivity index (χ2n) is 6.87. The molecule has 2 fully saturated rings. The third-order valence-corrected chi connectivity index (χ3v) is 8.57. The van der Waals surface area contributed by atoms with Crippen LogP contribution in [0.1, 0.15) is 25.7 Å². The highest BCUT2D eigenvalue weighted by molar-refractivity contribution is 7.89. The number of carbonyl (C=O) groups is 1.